The number of carbonyl (C=O) groups is 1. The van der Waals surface area contributed by atoms with Crippen LogP contribution in [0.1, 0.15) is 16.1 Å². The van der Waals surface area contributed by atoms with Gasteiger partial charge in [-0.1, -0.05) is 0 Å². The SMILES string of the molecule is COC(=O)c1cccn2cc(CN3CCN(c4ccc([N+](=O)[O-])cc4)CC3)nc12. The molecule has 1 aliphatic heterocycles. The van der Waals surface area contributed by atoms with Gasteiger partial charge in [0.25, 0.3) is 5.69 Å². The highest BCUT2D eigenvalue weighted by atomic mass is 16.6. The van der Waals surface area contributed by atoms with Crippen molar-refractivity contribution in [3.63, 3.8) is 0 Å². The third-order valence-corrected chi connectivity index (χ3v) is 5.12. The van der Waals surface area contributed by atoms with Gasteiger partial charge in [0.2, 0.25) is 0 Å². The van der Waals surface area contributed by atoms with Gasteiger partial charge in [-0.3, -0.25) is 15.0 Å². The molecule has 0 N–H and O–H groups in total. The van der Waals surface area contributed by atoms with E-state index in [4.69, 9.17) is 4.74 Å². The zero-order chi connectivity index (χ0) is 20.4. The molecule has 4 rings (SSSR count). The number of methoxy groups -OCH3 is 1. The van der Waals surface area contributed by atoms with Crippen LogP contribution in [0.15, 0.2) is 48.8 Å². The first kappa shape index (κ1) is 18.9. The molecule has 9 nitrogen and oxygen atoms in total. The van der Waals surface area contributed by atoms with Gasteiger partial charge in [0.15, 0.2) is 5.65 Å². The van der Waals surface area contributed by atoms with Crippen molar-refractivity contribution in [2.75, 3.05) is 38.2 Å². The topological polar surface area (TPSA) is 93.2 Å². The lowest BCUT2D eigenvalue weighted by molar-refractivity contribution is -0.384. The number of nitro benzene ring substituents is 1. The minimum absolute atomic E-state index is 0.102. The van der Waals surface area contributed by atoms with Crippen LogP contribution in [-0.4, -0.2) is 58.5 Å². The number of fused-ring (bicyclic) bond motifs is 1. The summed E-state index contributed by atoms with van der Waals surface area (Å²) in [5.41, 5.74) is 3.03. The molecule has 150 valence electrons. The highest BCUT2D eigenvalue weighted by molar-refractivity contribution is 5.95. The van der Waals surface area contributed by atoms with E-state index in [0.717, 1.165) is 37.6 Å². The summed E-state index contributed by atoms with van der Waals surface area (Å²) in [7, 11) is 1.36. The number of hydrogen-bond donors (Lipinski definition) is 0. The first-order chi connectivity index (χ1) is 14.0. The molecular formula is C20H21N5O4. The predicted molar refractivity (Wildman–Crippen MR) is 107 cm³/mol. The van der Waals surface area contributed by atoms with Gasteiger partial charge in [0, 0.05) is 62.9 Å². The average Bonchev–Trinajstić information content (AvgIpc) is 3.16. The molecule has 1 saturated heterocycles. The van der Waals surface area contributed by atoms with E-state index in [2.05, 4.69) is 14.8 Å². The highest BCUT2D eigenvalue weighted by Gasteiger charge is 2.20. The second kappa shape index (κ2) is 7.88. The maximum absolute atomic E-state index is 11.9. The molecule has 3 heterocycles. The molecule has 0 amide bonds. The number of aromatic nitrogens is 2. The van der Waals surface area contributed by atoms with Crippen LogP contribution in [0.2, 0.25) is 0 Å². The Bertz CT molecular complexity index is 1040. The van der Waals surface area contributed by atoms with E-state index in [1.807, 2.05) is 16.8 Å². The van der Waals surface area contributed by atoms with E-state index in [1.54, 1.807) is 24.3 Å². The van der Waals surface area contributed by atoms with Crippen molar-refractivity contribution in [2.24, 2.45) is 0 Å². The van der Waals surface area contributed by atoms with Crippen molar-refractivity contribution in [2.45, 2.75) is 6.54 Å². The van der Waals surface area contributed by atoms with E-state index in [9.17, 15) is 14.9 Å². The number of imidazole rings is 1. The molecule has 1 fully saturated rings. The fraction of sp³-hybridized carbons (Fsp3) is 0.300. The van der Waals surface area contributed by atoms with Gasteiger partial charge in [-0.15, -0.1) is 0 Å². The van der Waals surface area contributed by atoms with E-state index in [-0.39, 0.29) is 10.6 Å². The van der Waals surface area contributed by atoms with E-state index >= 15 is 0 Å². The predicted octanol–water partition coefficient (Wildman–Crippen LogP) is 2.35. The molecule has 0 bridgehead atoms. The number of benzene rings is 1. The number of nitro groups is 1. The van der Waals surface area contributed by atoms with Crippen LogP contribution in [-0.2, 0) is 11.3 Å². The zero-order valence-electron chi connectivity index (χ0n) is 16.0. The number of anilines is 1. The summed E-state index contributed by atoms with van der Waals surface area (Å²) in [4.78, 5) is 31.5. The molecule has 1 aromatic carbocycles. The molecule has 1 aliphatic rings. The van der Waals surface area contributed by atoms with Gasteiger partial charge < -0.3 is 14.0 Å². The maximum atomic E-state index is 11.9. The quantitative estimate of drug-likeness (QED) is 0.372. The minimum atomic E-state index is -0.399. The number of hydrogen-bond acceptors (Lipinski definition) is 7. The van der Waals surface area contributed by atoms with Gasteiger partial charge in [-0.25, -0.2) is 9.78 Å². The van der Waals surface area contributed by atoms with Crippen LogP contribution >= 0.6 is 0 Å². The van der Waals surface area contributed by atoms with Crippen LogP contribution in [0.25, 0.3) is 5.65 Å². The molecule has 3 aromatic rings. The summed E-state index contributed by atoms with van der Waals surface area (Å²) in [6.07, 6.45) is 3.80. The fourth-order valence-electron chi connectivity index (χ4n) is 3.59. The first-order valence-electron chi connectivity index (χ1n) is 9.32. The molecule has 2 aromatic heterocycles. The Morgan fingerprint density at radius 2 is 1.90 bits per heavy atom. The fourth-order valence-corrected chi connectivity index (χ4v) is 3.59. The van der Waals surface area contributed by atoms with E-state index in [1.165, 1.54) is 19.2 Å². The molecule has 0 atom stereocenters. The number of non-ortho nitro benzene ring substituents is 1. The molecular weight excluding hydrogens is 374 g/mol. The number of ether oxygens (including phenoxy) is 1. The first-order valence-corrected chi connectivity index (χ1v) is 9.32. The monoisotopic (exact) mass is 395 g/mol. The van der Waals surface area contributed by atoms with Crippen LogP contribution in [0.3, 0.4) is 0 Å². The normalized spacial score (nSPS) is 14.9. The number of esters is 1. The minimum Gasteiger partial charge on any atom is -0.465 e. The summed E-state index contributed by atoms with van der Waals surface area (Å²) < 4.78 is 6.67. The molecule has 0 saturated carbocycles. The Morgan fingerprint density at radius 3 is 2.55 bits per heavy atom. The molecule has 0 spiro atoms. The van der Waals surface area contributed by atoms with Gasteiger partial charge in [0.1, 0.15) is 5.56 Å². The van der Waals surface area contributed by atoms with Crippen LogP contribution < -0.4 is 4.90 Å². The Morgan fingerprint density at radius 1 is 1.17 bits per heavy atom. The number of pyridine rings is 1. The zero-order valence-corrected chi connectivity index (χ0v) is 16.0. The largest absolute Gasteiger partial charge is 0.465 e. The summed E-state index contributed by atoms with van der Waals surface area (Å²) in [5, 5.41) is 10.8. The lowest BCUT2D eigenvalue weighted by Crippen LogP contribution is -2.46. The summed E-state index contributed by atoms with van der Waals surface area (Å²) in [6.45, 7) is 4.07. The second-order valence-electron chi connectivity index (χ2n) is 6.91. The Kier molecular flexibility index (Phi) is 5.13. The van der Waals surface area contributed by atoms with Gasteiger partial charge in [0.05, 0.1) is 17.7 Å². The lowest BCUT2D eigenvalue weighted by atomic mass is 10.2. The number of carbonyl (C=O) groups excluding carboxylic acids is 1. The van der Waals surface area contributed by atoms with Crippen molar-refractivity contribution < 1.29 is 14.5 Å². The smallest absolute Gasteiger partial charge is 0.341 e. The average molecular weight is 395 g/mol. The van der Waals surface area contributed by atoms with Crippen molar-refractivity contribution in [3.05, 3.63) is 70.2 Å². The Hall–Kier alpha value is -3.46. The van der Waals surface area contributed by atoms with E-state index in [0.29, 0.717) is 17.8 Å². The van der Waals surface area contributed by atoms with Gasteiger partial charge in [-0.05, 0) is 24.3 Å². The Balaban J connectivity index is 1.41. The standard InChI is InChI=1S/C20H21N5O4/c1-29-20(26)18-3-2-8-24-14-15(21-19(18)24)13-22-9-11-23(12-10-22)16-4-6-17(7-5-16)25(27)28/h2-8,14H,9-13H2,1H3. The molecule has 0 unspecified atom stereocenters. The molecule has 0 radical (unpaired) electrons. The highest BCUT2D eigenvalue weighted by Crippen LogP contribution is 2.21. The van der Waals surface area contributed by atoms with Crippen LogP contribution in [0.4, 0.5) is 11.4 Å². The second-order valence-corrected chi connectivity index (χ2v) is 6.91. The number of piperazine rings is 1. The van der Waals surface area contributed by atoms with Gasteiger partial charge in [-0.2, -0.15) is 0 Å². The Labute approximate surface area is 167 Å². The van der Waals surface area contributed by atoms with Crippen molar-refractivity contribution >= 4 is 23.0 Å². The van der Waals surface area contributed by atoms with Crippen molar-refractivity contribution in [1.29, 1.82) is 0 Å². The van der Waals surface area contributed by atoms with Crippen LogP contribution in [0.5, 0.6) is 0 Å². The summed E-state index contributed by atoms with van der Waals surface area (Å²) in [5.74, 6) is -0.399. The third kappa shape index (κ3) is 3.90. The summed E-state index contributed by atoms with van der Waals surface area (Å²) in [6, 6.07) is 10.2. The van der Waals surface area contributed by atoms with Crippen LogP contribution in [0, 0.1) is 10.1 Å². The maximum Gasteiger partial charge on any atom is 0.341 e. The molecule has 0 aliphatic carbocycles. The molecule has 29 heavy (non-hydrogen) atoms. The molecule has 9 heteroatoms. The number of rotatable bonds is 5. The summed E-state index contributed by atoms with van der Waals surface area (Å²) >= 11 is 0. The lowest BCUT2D eigenvalue weighted by Gasteiger charge is -2.35. The van der Waals surface area contributed by atoms with Crippen molar-refractivity contribution in [3.8, 4) is 0 Å². The van der Waals surface area contributed by atoms with E-state index < -0.39 is 5.97 Å². The van der Waals surface area contributed by atoms with Gasteiger partial charge >= 0.3 is 5.97 Å². The van der Waals surface area contributed by atoms with Crippen molar-refractivity contribution in [1.82, 2.24) is 14.3 Å². The number of nitrogens with zero attached hydrogens (tertiary/aromatic N) is 5. The third-order valence-electron chi connectivity index (χ3n) is 5.12.